The van der Waals surface area contributed by atoms with E-state index in [1.165, 1.54) is 18.2 Å². The number of fused-ring (bicyclic) bond motifs is 4. The van der Waals surface area contributed by atoms with Crippen LogP contribution in [0.15, 0.2) is 68.6 Å². The normalized spacial score (nSPS) is 18.1. The zero-order valence-electron chi connectivity index (χ0n) is 19.4. The molecule has 0 amide bonds. The number of aromatic amines is 1. The van der Waals surface area contributed by atoms with Crippen molar-refractivity contribution in [2.45, 2.75) is 44.3 Å². The molecule has 0 atom stereocenters. The van der Waals surface area contributed by atoms with Gasteiger partial charge in [0.1, 0.15) is 11.4 Å². The fraction of sp³-hybridized carbons (Fsp3) is 0.250. The molecule has 0 aliphatic heterocycles. The molecule has 1 aliphatic carbocycles. The molecule has 0 radical (unpaired) electrons. The maximum absolute atomic E-state index is 13.8. The van der Waals surface area contributed by atoms with Gasteiger partial charge in [-0.2, -0.15) is 5.26 Å². The van der Waals surface area contributed by atoms with E-state index in [4.69, 9.17) is 4.42 Å². The number of nitrogens with zero attached hydrogens (tertiary/aromatic N) is 2. The lowest BCUT2D eigenvalue weighted by Crippen LogP contribution is -2.35. The number of benzene rings is 2. The lowest BCUT2D eigenvalue weighted by atomic mass is 9.90. The van der Waals surface area contributed by atoms with Gasteiger partial charge in [-0.1, -0.05) is 6.07 Å². The molecule has 36 heavy (non-hydrogen) atoms. The average Bonchev–Trinajstić information content (AvgIpc) is 3.33. The highest BCUT2D eigenvalue weighted by molar-refractivity contribution is 6.02. The Morgan fingerprint density at radius 2 is 1.83 bits per heavy atom. The number of nitriles is 1. The molecule has 8 heteroatoms. The molecule has 2 aromatic carbocycles. The van der Waals surface area contributed by atoms with Crippen molar-refractivity contribution in [2.24, 2.45) is 0 Å². The predicted octanol–water partition coefficient (Wildman–Crippen LogP) is 4.87. The maximum Gasteiger partial charge on any atom is 0.345 e. The van der Waals surface area contributed by atoms with Crippen LogP contribution in [-0.4, -0.2) is 15.6 Å². The molecular weight excluding hydrogens is 459 g/mol. The summed E-state index contributed by atoms with van der Waals surface area (Å²) in [5.74, 6) is -0.391. The first-order valence-corrected chi connectivity index (χ1v) is 12.0. The van der Waals surface area contributed by atoms with E-state index in [-0.39, 0.29) is 17.6 Å². The van der Waals surface area contributed by atoms with E-state index in [2.05, 4.69) is 16.4 Å². The third kappa shape index (κ3) is 3.88. The Morgan fingerprint density at radius 1 is 1.03 bits per heavy atom. The van der Waals surface area contributed by atoms with E-state index in [9.17, 15) is 19.2 Å². The number of rotatable bonds is 4. The largest absolute Gasteiger partial charge is 0.422 e. The molecule has 0 spiro atoms. The Bertz CT molecular complexity index is 1790. The summed E-state index contributed by atoms with van der Waals surface area (Å²) in [6.45, 7) is 0.528. The fourth-order valence-electron chi connectivity index (χ4n) is 5.41. The summed E-state index contributed by atoms with van der Waals surface area (Å²) in [5, 5.41) is 14.7. The molecule has 5 aromatic rings. The van der Waals surface area contributed by atoms with E-state index >= 15 is 0 Å². The lowest BCUT2D eigenvalue weighted by molar-refractivity contribution is 0.290. The first-order chi connectivity index (χ1) is 17.5. The van der Waals surface area contributed by atoms with E-state index in [1.54, 1.807) is 30.3 Å². The van der Waals surface area contributed by atoms with Gasteiger partial charge < -0.3 is 19.3 Å². The Kier molecular flexibility index (Phi) is 5.42. The summed E-state index contributed by atoms with van der Waals surface area (Å²) in [6.07, 6.45) is 3.46. The molecule has 1 fully saturated rings. The first-order valence-electron chi connectivity index (χ1n) is 12.0. The Morgan fingerprint density at radius 3 is 2.64 bits per heavy atom. The Labute approximate surface area is 204 Å². The molecule has 0 unspecified atom stereocenters. The molecule has 0 saturated heterocycles. The molecule has 180 valence electrons. The third-order valence-corrected chi connectivity index (χ3v) is 7.21. The molecule has 1 saturated carbocycles. The second kappa shape index (κ2) is 8.77. The zero-order valence-corrected chi connectivity index (χ0v) is 19.4. The van der Waals surface area contributed by atoms with Crippen LogP contribution in [0, 0.1) is 17.1 Å². The number of halogens is 1. The number of nitrogens with one attached hydrogen (secondary N) is 2. The smallest absolute Gasteiger partial charge is 0.345 e. The molecular formula is C28H23FN4O3. The van der Waals surface area contributed by atoms with Crippen LogP contribution in [0.4, 0.5) is 4.39 Å². The second-order valence-electron chi connectivity index (χ2n) is 9.43. The SMILES string of the molecule is N#Cc1ccc2ccc(=O)n([C@H]3CC[C@H](NCc4cc5c(=O)oc6ccc(F)cc6c5[nH]4)CC3)c2c1. The Balaban J connectivity index is 1.18. The van der Waals surface area contributed by atoms with Gasteiger partial charge in [-0.15, -0.1) is 0 Å². The molecule has 3 heterocycles. The highest BCUT2D eigenvalue weighted by Crippen LogP contribution is 2.31. The third-order valence-electron chi connectivity index (χ3n) is 7.21. The summed E-state index contributed by atoms with van der Waals surface area (Å²) in [4.78, 5) is 28.4. The van der Waals surface area contributed by atoms with Crippen LogP contribution in [0.2, 0.25) is 0 Å². The molecule has 2 N–H and O–H groups in total. The van der Waals surface area contributed by atoms with Crippen molar-refractivity contribution in [1.29, 1.82) is 5.26 Å². The van der Waals surface area contributed by atoms with Gasteiger partial charge in [0.25, 0.3) is 5.56 Å². The standard InChI is InChI=1S/C28H23FN4O3/c29-18-4-9-25-22(12-18)27-23(28(35)36-25)13-20(32-27)15-31-19-5-7-21(8-6-19)33-24-11-16(14-30)1-2-17(24)3-10-26(33)34/h1-4,9-13,19,21,31-32H,5-8,15H2/t19-,21-. The number of pyridine rings is 1. The summed E-state index contributed by atoms with van der Waals surface area (Å²) in [7, 11) is 0. The van der Waals surface area contributed by atoms with E-state index in [0.29, 0.717) is 34.0 Å². The number of H-pyrrole nitrogens is 1. The van der Waals surface area contributed by atoms with Gasteiger partial charge >= 0.3 is 5.63 Å². The van der Waals surface area contributed by atoms with E-state index < -0.39 is 11.4 Å². The van der Waals surface area contributed by atoms with Crippen molar-refractivity contribution in [1.82, 2.24) is 14.9 Å². The monoisotopic (exact) mass is 482 g/mol. The van der Waals surface area contributed by atoms with Crippen molar-refractivity contribution >= 4 is 32.8 Å². The van der Waals surface area contributed by atoms with Crippen LogP contribution in [-0.2, 0) is 6.54 Å². The van der Waals surface area contributed by atoms with Crippen molar-refractivity contribution in [3.8, 4) is 6.07 Å². The molecule has 0 bridgehead atoms. The van der Waals surface area contributed by atoms with Crippen LogP contribution in [0.1, 0.15) is 43.0 Å². The predicted molar refractivity (Wildman–Crippen MR) is 135 cm³/mol. The number of hydrogen-bond donors (Lipinski definition) is 2. The minimum atomic E-state index is -0.452. The van der Waals surface area contributed by atoms with Gasteiger partial charge in [0.05, 0.1) is 28.1 Å². The Hall–Kier alpha value is -4.22. The van der Waals surface area contributed by atoms with E-state index in [1.807, 2.05) is 10.6 Å². The van der Waals surface area contributed by atoms with Crippen LogP contribution < -0.4 is 16.5 Å². The van der Waals surface area contributed by atoms with Crippen LogP contribution in [0.5, 0.6) is 0 Å². The second-order valence-corrected chi connectivity index (χ2v) is 9.43. The number of hydrogen-bond acceptors (Lipinski definition) is 5. The van der Waals surface area contributed by atoms with E-state index in [0.717, 1.165) is 42.3 Å². The highest BCUT2D eigenvalue weighted by atomic mass is 19.1. The van der Waals surface area contributed by atoms with Crippen LogP contribution in [0.3, 0.4) is 0 Å². The van der Waals surface area contributed by atoms with Gasteiger partial charge in [0.2, 0.25) is 0 Å². The molecule has 7 nitrogen and oxygen atoms in total. The summed E-state index contributed by atoms with van der Waals surface area (Å²) in [5.41, 5.74) is 2.60. The minimum Gasteiger partial charge on any atom is -0.422 e. The van der Waals surface area contributed by atoms with Crippen molar-refractivity contribution in [2.75, 3.05) is 0 Å². The van der Waals surface area contributed by atoms with Crippen LogP contribution in [0.25, 0.3) is 32.8 Å². The number of aromatic nitrogens is 2. The maximum atomic E-state index is 13.8. The summed E-state index contributed by atoms with van der Waals surface area (Å²) in [6, 6.07) is 17.2. The average molecular weight is 483 g/mol. The fourth-order valence-corrected chi connectivity index (χ4v) is 5.41. The minimum absolute atomic E-state index is 0.0467. The molecule has 3 aromatic heterocycles. The summed E-state index contributed by atoms with van der Waals surface area (Å²) < 4.78 is 21.0. The van der Waals surface area contributed by atoms with Gasteiger partial charge in [-0.25, -0.2) is 9.18 Å². The lowest BCUT2D eigenvalue weighted by Gasteiger charge is -2.31. The van der Waals surface area contributed by atoms with Gasteiger partial charge in [0, 0.05) is 35.8 Å². The topological polar surface area (TPSA) is 104 Å². The van der Waals surface area contributed by atoms with Gasteiger partial charge in [-0.05, 0) is 73.5 Å². The van der Waals surface area contributed by atoms with Gasteiger partial charge in [-0.3, -0.25) is 4.79 Å². The highest BCUT2D eigenvalue weighted by Gasteiger charge is 2.24. The van der Waals surface area contributed by atoms with Gasteiger partial charge in [0.15, 0.2) is 0 Å². The van der Waals surface area contributed by atoms with Crippen LogP contribution >= 0.6 is 0 Å². The first kappa shape index (κ1) is 22.3. The van der Waals surface area contributed by atoms with Crippen molar-refractivity contribution in [3.63, 3.8) is 0 Å². The molecule has 6 rings (SSSR count). The zero-order chi connectivity index (χ0) is 24.8. The van der Waals surface area contributed by atoms with Crippen molar-refractivity contribution < 1.29 is 8.81 Å². The molecule has 1 aliphatic rings. The van der Waals surface area contributed by atoms with Crippen molar-refractivity contribution in [3.05, 3.63) is 92.4 Å². The summed E-state index contributed by atoms with van der Waals surface area (Å²) >= 11 is 0. The quantitative estimate of drug-likeness (QED) is 0.356.